The van der Waals surface area contributed by atoms with Crippen LogP contribution < -0.4 is 10.6 Å². The predicted octanol–water partition coefficient (Wildman–Crippen LogP) is 2.71. The van der Waals surface area contributed by atoms with Crippen molar-refractivity contribution in [2.45, 2.75) is 65.8 Å². The van der Waals surface area contributed by atoms with Gasteiger partial charge in [0.1, 0.15) is 0 Å². The highest BCUT2D eigenvalue weighted by molar-refractivity contribution is 5.77. The van der Waals surface area contributed by atoms with Crippen LogP contribution in [-0.4, -0.2) is 25.0 Å². The molecule has 1 amide bonds. The van der Waals surface area contributed by atoms with Crippen molar-refractivity contribution < 1.29 is 4.79 Å². The molecule has 0 heterocycles. The number of hydrogen-bond acceptors (Lipinski definition) is 2. The molecule has 106 valence electrons. The average Bonchev–Trinajstić information content (AvgIpc) is 2.45. The molecule has 1 aliphatic rings. The van der Waals surface area contributed by atoms with Gasteiger partial charge >= 0.3 is 0 Å². The zero-order chi connectivity index (χ0) is 13.6. The summed E-state index contributed by atoms with van der Waals surface area (Å²) in [5.74, 6) is 0.238. The molecule has 1 saturated carbocycles. The molecule has 0 bridgehead atoms. The van der Waals surface area contributed by atoms with Crippen molar-refractivity contribution in [2.24, 2.45) is 11.3 Å². The summed E-state index contributed by atoms with van der Waals surface area (Å²) in [5, 5.41) is 6.53. The molecule has 0 aromatic rings. The number of carbonyl (C=O) groups is 1. The fourth-order valence-electron chi connectivity index (χ4n) is 2.53. The van der Waals surface area contributed by atoms with Crippen molar-refractivity contribution in [3.05, 3.63) is 0 Å². The van der Waals surface area contributed by atoms with Gasteiger partial charge in [0, 0.05) is 25.0 Å². The van der Waals surface area contributed by atoms with Gasteiger partial charge in [-0.3, -0.25) is 4.79 Å². The largest absolute Gasteiger partial charge is 0.355 e. The van der Waals surface area contributed by atoms with Crippen molar-refractivity contribution >= 4 is 5.91 Å². The van der Waals surface area contributed by atoms with Crippen LogP contribution in [0.2, 0.25) is 0 Å². The van der Waals surface area contributed by atoms with E-state index in [-0.39, 0.29) is 11.8 Å². The first kappa shape index (κ1) is 15.5. The van der Waals surface area contributed by atoms with Gasteiger partial charge in [0.05, 0.1) is 0 Å². The summed E-state index contributed by atoms with van der Waals surface area (Å²) in [6.45, 7) is 10.2. The van der Waals surface area contributed by atoms with Crippen LogP contribution in [0.5, 0.6) is 0 Å². The lowest BCUT2D eigenvalue weighted by molar-refractivity contribution is -0.123. The van der Waals surface area contributed by atoms with E-state index in [0.717, 1.165) is 13.1 Å². The van der Waals surface area contributed by atoms with Crippen molar-refractivity contribution in [1.29, 1.82) is 0 Å². The fourth-order valence-corrected chi connectivity index (χ4v) is 2.53. The standard InChI is InChI=1S/C15H30N2O/c1-12(2)14(18)17-11-10-16-13-6-5-8-15(3,4)9-7-13/h12-13,16H,5-11H2,1-4H3,(H,17,18). The van der Waals surface area contributed by atoms with Crippen molar-refractivity contribution in [1.82, 2.24) is 10.6 Å². The Hall–Kier alpha value is -0.570. The van der Waals surface area contributed by atoms with E-state index in [0.29, 0.717) is 11.5 Å². The van der Waals surface area contributed by atoms with Gasteiger partial charge in [-0.1, -0.05) is 34.1 Å². The first-order valence-electron chi connectivity index (χ1n) is 7.42. The van der Waals surface area contributed by atoms with Gasteiger partial charge < -0.3 is 10.6 Å². The van der Waals surface area contributed by atoms with Crippen LogP contribution in [0.1, 0.15) is 59.8 Å². The average molecular weight is 254 g/mol. The number of carbonyl (C=O) groups excluding carboxylic acids is 1. The van der Waals surface area contributed by atoms with Crippen LogP contribution in [0.25, 0.3) is 0 Å². The van der Waals surface area contributed by atoms with Crippen molar-refractivity contribution in [3.63, 3.8) is 0 Å². The zero-order valence-electron chi connectivity index (χ0n) is 12.5. The second-order valence-electron chi connectivity index (χ2n) is 6.69. The quantitative estimate of drug-likeness (QED) is 0.585. The minimum Gasteiger partial charge on any atom is -0.355 e. The van der Waals surface area contributed by atoms with Gasteiger partial charge in [0.2, 0.25) is 5.91 Å². The molecule has 0 saturated heterocycles. The van der Waals surface area contributed by atoms with Crippen LogP contribution in [-0.2, 0) is 4.79 Å². The minimum absolute atomic E-state index is 0.0867. The smallest absolute Gasteiger partial charge is 0.222 e. The molecule has 1 rings (SSSR count). The molecule has 1 atom stereocenters. The topological polar surface area (TPSA) is 41.1 Å². The third-order valence-corrected chi connectivity index (χ3v) is 3.96. The number of amides is 1. The molecule has 0 aliphatic heterocycles. The normalized spacial score (nSPS) is 23.7. The molecule has 3 heteroatoms. The van der Waals surface area contributed by atoms with E-state index in [4.69, 9.17) is 0 Å². The Labute approximate surface area is 112 Å². The summed E-state index contributed by atoms with van der Waals surface area (Å²) in [6.07, 6.45) is 6.52. The van der Waals surface area contributed by atoms with E-state index < -0.39 is 0 Å². The molecule has 0 aromatic carbocycles. The maximum absolute atomic E-state index is 11.4. The molecule has 2 N–H and O–H groups in total. The van der Waals surface area contributed by atoms with Crippen LogP contribution in [0.3, 0.4) is 0 Å². The highest BCUT2D eigenvalue weighted by atomic mass is 16.1. The van der Waals surface area contributed by atoms with Crippen LogP contribution >= 0.6 is 0 Å². The molecule has 18 heavy (non-hydrogen) atoms. The first-order chi connectivity index (χ1) is 8.41. The molecule has 0 spiro atoms. The summed E-state index contributed by atoms with van der Waals surface area (Å²) < 4.78 is 0. The van der Waals surface area contributed by atoms with Crippen molar-refractivity contribution in [2.75, 3.05) is 13.1 Å². The fraction of sp³-hybridized carbons (Fsp3) is 0.933. The molecule has 0 aromatic heterocycles. The van der Waals surface area contributed by atoms with Gasteiger partial charge in [-0.15, -0.1) is 0 Å². The maximum Gasteiger partial charge on any atom is 0.222 e. The summed E-state index contributed by atoms with van der Waals surface area (Å²) in [4.78, 5) is 11.4. The zero-order valence-corrected chi connectivity index (χ0v) is 12.5. The third-order valence-electron chi connectivity index (χ3n) is 3.96. The van der Waals surface area contributed by atoms with Crippen LogP contribution in [0.4, 0.5) is 0 Å². The number of hydrogen-bond donors (Lipinski definition) is 2. The maximum atomic E-state index is 11.4. The van der Waals surface area contributed by atoms with Gasteiger partial charge in [-0.25, -0.2) is 0 Å². The van der Waals surface area contributed by atoms with Gasteiger partial charge in [0.15, 0.2) is 0 Å². The van der Waals surface area contributed by atoms with Crippen LogP contribution in [0.15, 0.2) is 0 Å². The van der Waals surface area contributed by atoms with E-state index in [1.165, 1.54) is 32.1 Å². The van der Waals surface area contributed by atoms with Crippen molar-refractivity contribution in [3.8, 4) is 0 Å². The van der Waals surface area contributed by atoms with E-state index in [2.05, 4.69) is 24.5 Å². The summed E-state index contributed by atoms with van der Waals surface area (Å²) in [5.41, 5.74) is 0.516. The predicted molar refractivity (Wildman–Crippen MR) is 76.5 cm³/mol. The highest BCUT2D eigenvalue weighted by Gasteiger charge is 2.23. The first-order valence-corrected chi connectivity index (χ1v) is 7.42. The Bertz CT molecular complexity index is 261. The Balaban J connectivity index is 2.14. The lowest BCUT2D eigenvalue weighted by Crippen LogP contribution is -2.38. The summed E-state index contributed by atoms with van der Waals surface area (Å²) in [7, 11) is 0. The number of nitrogens with one attached hydrogen (secondary N) is 2. The van der Waals surface area contributed by atoms with Gasteiger partial charge in [-0.05, 0) is 31.1 Å². The minimum atomic E-state index is 0.0867. The molecule has 1 unspecified atom stereocenters. The molecule has 1 aliphatic carbocycles. The summed E-state index contributed by atoms with van der Waals surface area (Å²) >= 11 is 0. The SMILES string of the molecule is CC(C)C(=O)NCCNC1CCCC(C)(C)CC1. The second-order valence-corrected chi connectivity index (χ2v) is 6.69. The second kappa shape index (κ2) is 7.13. The summed E-state index contributed by atoms with van der Waals surface area (Å²) in [6, 6.07) is 0.641. The van der Waals surface area contributed by atoms with E-state index in [9.17, 15) is 4.79 Å². The molecule has 0 radical (unpaired) electrons. The Morgan fingerprint density at radius 1 is 1.22 bits per heavy atom. The monoisotopic (exact) mass is 254 g/mol. The Morgan fingerprint density at radius 3 is 2.61 bits per heavy atom. The highest BCUT2D eigenvalue weighted by Crippen LogP contribution is 2.33. The van der Waals surface area contributed by atoms with E-state index in [1.807, 2.05) is 13.8 Å². The molecule has 1 fully saturated rings. The molecule has 3 nitrogen and oxygen atoms in total. The van der Waals surface area contributed by atoms with Crippen LogP contribution in [0, 0.1) is 11.3 Å². The lowest BCUT2D eigenvalue weighted by atomic mass is 9.85. The third kappa shape index (κ3) is 5.85. The van der Waals surface area contributed by atoms with E-state index in [1.54, 1.807) is 0 Å². The lowest BCUT2D eigenvalue weighted by Gasteiger charge is -2.22. The van der Waals surface area contributed by atoms with Gasteiger partial charge in [0.25, 0.3) is 0 Å². The Morgan fingerprint density at radius 2 is 1.94 bits per heavy atom. The number of rotatable bonds is 5. The van der Waals surface area contributed by atoms with Gasteiger partial charge in [-0.2, -0.15) is 0 Å². The van der Waals surface area contributed by atoms with E-state index >= 15 is 0 Å². The molecular weight excluding hydrogens is 224 g/mol. The molecular formula is C15H30N2O. The Kier molecular flexibility index (Phi) is 6.13.